The number of carbonyl (C=O) groups excluding carboxylic acids is 2. The van der Waals surface area contributed by atoms with Crippen molar-refractivity contribution in [1.29, 1.82) is 0 Å². The smallest absolute Gasteiger partial charge is 0.354 e. The Morgan fingerprint density at radius 2 is 2.00 bits per heavy atom. The third kappa shape index (κ3) is 4.28. The van der Waals surface area contributed by atoms with E-state index in [1.165, 1.54) is 28.4 Å². The van der Waals surface area contributed by atoms with Gasteiger partial charge in [0.15, 0.2) is 11.5 Å². The van der Waals surface area contributed by atoms with E-state index in [0.717, 1.165) is 18.5 Å². The summed E-state index contributed by atoms with van der Waals surface area (Å²) in [5, 5.41) is 19.7. The lowest BCUT2D eigenvalue weighted by molar-refractivity contribution is -0.157. The zero-order valence-corrected chi connectivity index (χ0v) is 19.1. The molecular weight excluding hydrogens is 436 g/mol. The number of β-lactam (4-membered cyclic amide) rings is 1. The predicted molar refractivity (Wildman–Crippen MR) is 121 cm³/mol. The molecule has 0 spiro atoms. The van der Waals surface area contributed by atoms with Crippen molar-refractivity contribution in [2.24, 2.45) is 5.92 Å². The van der Waals surface area contributed by atoms with Gasteiger partial charge in [0, 0.05) is 17.4 Å². The quantitative estimate of drug-likeness (QED) is 0.449. The lowest BCUT2D eigenvalue weighted by atomic mass is 9.90. The number of thioether (sulfide) groups is 2. The number of benzene rings is 1. The molecule has 0 bridgehead atoms. The van der Waals surface area contributed by atoms with Crippen LogP contribution in [-0.4, -0.2) is 74.0 Å². The van der Waals surface area contributed by atoms with Gasteiger partial charge in [-0.05, 0) is 26.3 Å². The van der Waals surface area contributed by atoms with Gasteiger partial charge in [-0.1, -0.05) is 48.5 Å². The van der Waals surface area contributed by atoms with Crippen LogP contribution in [0.3, 0.4) is 0 Å². The van der Waals surface area contributed by atoms with Gasteiger partial charge >= 0.3 is 5.97 Å². The minimum absolute atomic E-state index is 0.0405. The average molecular weight is 463 g/mol. The number of hydrogen-bond acceptors (Lipinski definition) is 7. The van der Waals surface area contributed by atoms with Gasteiger partial charge in [-0.25, -0.2) is 4.79 Å². The highest BCUT2D eigenvalue weighted by Crippen LogP contribution is 2.55. The maximum Gasteiger partial charge on any atom is 0.354 e. The molecule has 1 amide bonds. The van der Waals surface area contributed by atoms with Crippen molar-refractivity contribution in [2.45, 2.75) is 43.4 Å². The van der Waals surface area contributed by atoms with Crippen LogP contribution in [-0.2, 0) is 9.59 Å². The number of aryl methyl sites for hydroxylation is 1. The van der Waals surface area contributed by atoms with E-state index in [0.29, 0.717) is 29.3 Å². The summed E-state index contributed by atoms with van der Waals surface area (Å²) in [6.45, 7) is 5.61. The molecule has 9 heteroatoms. The number of likely N-dealkylation sites (tertiary alicyclic amines) is 1. The van der Waals surface area contributed by atoms with Crippen LogP contribution in [0.1, 0.15) is 35.7 Å². The normalized spacial score (nSPS) is 26.7. The van der Waals surface area contributed by atoms with Gasteiger partial charge in [0.1, 0.15) is 5.37 Å². The fraction of sp³-hybridized carbons (Fsp3) is 0.500. The van der Waals surface area contributed by atoms with E-state index in [1.54, 1.807) is 0 Å². The molecule has 1 unspecified atom stereocenters. The largest absolute Gasteiger partial charge is 0.477 e. The zero-order valence-electron chi connectivity index (χ0n) is 17.5. The van der Waals surface area contributed by atoms with E-state index in [4.69, 9.17) is 0 Å². The lowest BCUT2D eigenvalue weighted by Crippen LogP contribution is -2.61. The topological polar surface area (TPSA) is 98.2 Å². The second-order valence-corrected chi connectivity index (χ2v) is 10.9. The van der Waals surface area contributed by atoms with Crippen molar-refractivity contribution in [3.8, 4) is 0 Å². The van der Waals surface area contributed by atoms with Crippen LogP contribution in [0.15, 0.2) is 34.2 Å². The molecule has 166 valence electrons. The molecule has 4 atom stereocenters. The van der Waals surface area contributed by atoms with E-state index in [9.17, 15) is 24.6 Å². The van der Waals surface area contributed by atoms with Gasteiger partial charge in [0.05, 0.1) is 22.8 Å². The van der Waals surface area contributed by atoms with Crippen molar-refractivity contribution in [3.05, 3.63) is 45.3 Å². The molecule has 2 fully saturated rings. The van der Waals surface area contributed by atoms with Crippen LogP contribution >= 0.6 is 23.5 Å². The average Bonchev–Trinajstić information content (AvgIpc) is 3.30. The van der Waals surface area contributed by atoms with Crippen LogP contribution in [0.5, 0.6) is 0 Å². The Kier molecular flexibility index (Phi) is 6.48. The number of carbonyl (C=O) groups is 3. The summed E-state index contributed by atoms with van der Waals surface area (Å²) in [6.07, 6.45) is 0.553. The van der Waals surface area contributed by atoms with Gasteiger partial charge < -0.3 is 10.2 Å². The van der Waals surface area contributed by atoms with Crippen LogP contribution in [0.2, 0.25) is 0 Å². The molecule has 7 nitrogen and oxygen atoms in total. The molecule has 0 saturated carbocycles. The summed E-state index contributed by atoms with van der Waals surface area (Å²) in [7, 11) is 0. The first-order chi connectivity index (χ1) is 14.8. The number of aliphatic carboxylic acids is 1. The zero-order chi connectivity index (χ0) is 22.3. The summed E-state index contributed by atoms with van der Waals surface area (Å²) in [6, 6.07) is 7.56. The van der Waals surface area contributed by atoms with Crippen LogP contribution in [0, 0.1) is 12.8 Å². The van der Waals surface area contributed by atoms with E-state index < -0.39 is 18.0 Å². The van der Waals surface area contributed by atoms with Gasteiger partial charge in [-0.15, -0.1) is 11.8 Å². The first-order valence-corrected chi connectivity index (χ1v) is 12.2. The van der Waals surface area contributed by atoms with E-state index >= 15 is 0 Å². The van der Waals surface area contributed by atoms with Crippen molar-refractivity contribution in [1.82, 2.24) is 9.80 Å². The lowest BCUT2D eigenvalue weighted by Gasteiger charge is -2.44. The number of carboxylic acid groups (broad SMARTS) is 1. The highest BCUT2D eigenvalue weighted by atomic mass is 32.2. The monoisotopic (exact) mass is 462 g/mol. The molecular formula is C22H26N2O5S2. The summed E-state index contributed by atoms with van der Waals surface area (Å²) in [5.41, 5.74) is 1.86. The number of amides is 1. The summed E-state index contributed by atoms with van der Waals surface area (Å²) >= 11 is 2.86. The number of Topliss-reactive ketones (excluding diaryl/α,β-unsaturated/α-hetero) is 1. The van der Waals surface area contributed by atoms with E-state index in [1.807, 2.05) is 38.1 Å². The number of hydrogen-bond donors (Lipinski definition) is 2. The molecule has 1 aromatic carbocycles. The Morgan fingerprint density at radius 3 is 2.65 bits per heavy atom. The van der Waals surface area contributed by atoms with Gasteiger partial charge in [-0.2, -0.15) is 0 Å². The minimum Gasteiger partial charge on any atom is -0.477 e. The standard InChI is InChI=1S/C22H26N2O5S2/c1-3-15(25)17-19(27)24-18(21(28)29)22(31-20(17)24)30-14-8-9-23(10-14)11-16(26)13-6-4-12(2)5-7-13/h4-7,14-15,17,20,25H,3,8-11H2,1-2H3,(H,28,29)/t14?,15-,17+,20+/m0/s1. The summed E-state index contributed by atoms with van der Waals surface area (Å²) < 4.78 is 0.633. The molecule has 3 aliphatic rings. The second-order valence-electron chi connectivity index (χ2n) is 8.21. The molecule has 0 aromatic heterocycles. The maximum atomic E-state index is 12.6. The van der Waals surface area contributed by atoms with E-state index in [-0.39, 0.29) is 28.0 Å². The van der Waals surface area contributed by atoms with Gasteiger partial charge in [0.2, 0.25) is 5.91 Å². The first kappa shape index (κ1) is 22.4. The molecule has 2 N–H and O–H groups in total. The van der Waals surface area contributed by atoms with Crippen molar-refractivity contribution in [3.63, 3.8) is 0 Å². The molecule has 31 heavy (non-hydrogen) atoms. The molecule has 3 heterocycles. The predicted octanol–water partition coefficient (Wildman–Crippen LogP) is 2.54. The Morgan fingerprint density at radius 1 is 1.29 bits per heavy atom. The maximum absolute atomic E-state index is 12.6. The summed E-state index contributed by atoms with van der Waals surface area (Å²) in [5.74, 6) is -1.89. The first-order valence-electron chi connectivity index (χ1n) is 10.4. The van der Waals surface area contributed by atoms with Crippen LogP contribution in [0.4, 0.5) is 0 Å². The molecule has 3 aliphatic heterocycles. The van der Waals surface area contributed by atoms with Gasteiger partial charge in [0.25, 0.3) is 0 Å². The molecule has 1 aromatic rings. The fourth-order valence-electron chi connectivity index (χ4n) is 4.22. The summed E-state index contributed by atoms with van der Waals surface area (Å²) in [4.78, 5) is 40.3. The molecule has 2 saturated heterocycles. The highest BCUT2D eigenvalue weighted by molar-refractivity contribution is 8.23. The second kappa shape index (κ2) is 8.97. The third-order valence-corrected chi connectivity index (χ3v) is 8.88. The van der Waals surface area contributed by atoms with Crippen molar-refractivity contribution in [2.75, 3.05) is 19.6 Å². The van der Waals surface area contributed by atoms with E-state index in [2.05, 4.69) is 4.90 Å². The Balaban J connectivity index is 1.38. The number of fused-ring (bicyclic) bond motifs is 1. The van der Waals surface area contributed by atoms with Crippen molar-refractivity contribution >= 4 is 41.2 Å². The molecule has 4 rings (SSSR count). The molecule has 0 radical (unpaired) electrons. The van der Waals surface area contributed by atoms with Crippen LogP contribution in [0.25, 0.3) is 0 Å². The SMILES string of the molecule is CC[C@H](O)[C@@H]1C(=O)N2C(C(=O)O)=C(SC3CCN(CC(=O)c4ccc(C)cc4)C3)S[C@H]12. The molecule has 0 aliphatic carbocycles. The Hall–Kier alpha value is -1.81. The van der Waals surface area contributed by atoms with Crippen molar-refractivity contribution < 1.29 is 24.6 Å². The third-order valence-electron chi connectivity index (χ3n) is 6.03. The van der Waals surface area contributed by atoms with Gasteiger partial charge in [-0.3, -0.25) is 19.4 Å². The highest BCUT2D eigenvalue weighted by Gasteiger charge is 2.58. The number of rotatable bonds is 8. The number of nitrogens with zero attached hydrogens (tertiary/aromatic N) is 2. The number of aliphatic hydroxyl groups is 1. The fourth-order valence-corrected chi connectivity index (χ4v) is 7.53. The minimum atomic E-state index is -1.11. The Bertz CT molecular complexity index is 932. The Labute approximate surface area is 189 Å². The number of carboxylic acids is 1. The number of ketones is 1. The number of aliphatic hydroxyl groups excluding tert-OH is 1. The van der Waals surface area contributed by atoms with Crippen LogP contribution < -0.4 is 0 Å².